The molecule has 0 saturated heterocycles. The first-order chi connectivity index (χ1) is 9.15. The summed E-state index contributed by atoms with van der Waals surface area (Å²) in [5, 5.41) is 14.9. The zero-order valence-electron chi connectivity index (χ0n) is 10.4. The van der Waals surface area contributed by atoms with Crippen molar-refractivity contribution >= 4 is 12.0 Å². The molecular formula is C11H16N4O4. The van der Waals surface area contributed by atoms with E-state index in [4.69, 9.17) is 9.63 Å². The van der Waals surface area contributed by atoms with E-state index in [-0.39, 0.29) is 12.6 Å². The number of carboxylic acids is 1. The number of carboxylic acid groups (broad SMARTS) is 1. The van der Waals surface area contributed by atoms with E-state index in [9.17, 15) is 9.59 Å². The van der Waals surface area contributed by atoms with Crippen molar-refractivity contribution < 1.29 is 19.2 Å². The number of hydrogen-bond acceptors (Lipinski definition) is 5. The lowest BCUT2D eigenvalue weighted by Crippen LogP contribution is -2.44. The summed E-state index contributed by atoms with van der Waals surface area (Å²) in [4.78, 5) is 27.7. The molecule has 1 aromatic heterocycles. The number of hydrogen-bond donors (Lipinski definition) is 2. The second kappa shape index (κ2) is 6.17. The van der Waals surface area contributed by atoms with Gasteiger partial charge >= 0.3 is 12.0 Å². The minimum absolute atomic E-state index is 0.275. The third-order valence-corrected chi connectivity index (χ3v) is 2.81. The summed E-state index contributed by atoms with van der Waals surface area (Å²) in [6.45, 7) is 0.559. The van der Waals surface area contributed by atoms with Crippen LogP contribution in [0.1, 0.15) is 18.7 Å². The van der Waals surface area contributed by atoms with Crippen molar-refractivity contribution in [3.63, 3.8) is 0 Å². The van der Waals surface area contributed by atoms with Crippen LogP contribution >= 0.6 is 0 Å². The summed E-state index contributed by atoms with van der Waals surface area (Å²) < 4.78 is 4.79. The van der Waals surface area contributed by atoms with Gasteiger partial charge in [-0.3, -0.25) is 4.79 Å². The molecule has 1 aliphatic rings. The Balaban J connectivity index is 1.75. The molecule has 0 bridgehead atoms. The number of aliphatic carboxylic acids is 1. The monoisotopic (exact) mass is 268 g/mol. The number of nitrogens with zero attached hydrogens (tertiary/aromatic N) is 3. The Hall–Kier alpha value is -2.12. The Morgan fingerprint density at radius 1 is 1.53 bits per heavy atom. The van der Waals surface area contributed by atoms with Crippen molar-refractivity contribution in [2.75, 3.05) is 19.6 Å². The van der Waals surface area contributed by atoms with Gasteiger partial charge in [-0.2, -0.15) is 4.98 Å². The minimum Gasteiger partial charge on any atom is -0.480 e. The molecule has 0 aromatic carbocycles. The van der Waals surface area contributed by atoms with Gasteiger partial charge < -0.3 is 19.8 Å². The van der Waals surface area contributed by atoms with Gasteiger partial charge in [-0.1, -0.05) is 5.16 Å². The smallest absolute Gasteiger partial charge is 0.323 e. The van der Waals surface area contributed by atoms with Crippen LogP contribution in [0.15, 0.2) is 10.9 Å². The van der Waals surface area contributed by atoms with Crippen LogP contribution in [0.3, 0.4) is 0 Å². The maximum absolute atomic E-state index is 11.9. The molecule has 1 fully saturated rings. The maximum Gasteiger partial charge on any atom is 0.323 e. The lowest BCUT2D eigenvalue weighted by molar-refractivity contribution is -0.137. The summed E-state index contributed by atoms with van der Waals surface area (Å²) in [5.74, 6) is -0.124. The number of carbonyl (C=O) groups excluding carboxylic acids is 1. The van der Waals surface area contributed by atoms with Crippen LogP contribution < -0.4 is 5.32 Å². The molecule has 1 aromatic rings. The average molecular weight is 268 g/mol. The van der Waals surface area contributed by atoms with Crippen LogP contribution in [0.2, 0.25) is 0 Å². The minimum atomic E-state index is -1.01. The lowest BCUT2D eigenvalue weighted by Gasteiger charge is -2.20. The van der Waals surface area contributed by atoms with Gasteiger partial charge in [0.15, 0.2) is 6.33 Å². The van der Waals surface area contributed by atoms with E-state index in [1.54, 1.807) is 0 Å². The van der Waals surface area contributed by atoms with E-state index in [1.807, 2.05) is 0 Å². The van der Waals surface area contributed by atoms with Gasteiger partial charge in [0, 0.05) is 19.5 Å². The van der Waals surface area contributed by atoms with Crippen molar-refractivity contribution in [1.82, 2.24) is 20.4 Å². The quantitative estimate of drug-likeness (QED) is 0.727. The molecule has 1 saturated carbocycles. The summed E-state index contributed by atoms with van der Waals surface area (Å²) >= 11 is 0. The molecule has 1 aliphatic carbocycles. The highest BCUT2D eigenvalue weighted by Crippen LogP contribution is 2.29. The highest BCUT2D eigenvalue weighted by atomic mass is 16.5. The highest BCUT2D eigenvalue weighted by molar-refractivity contribution is 5.80. The Morgan fingerprint density at radius 3 is 2.89 bits per heavy atom. The third kappa shape index (κ3) is 4.57. The van der Waals surface area contributed by atoms with E-state index < -0.39 is 5.97 Å². The molecule has 0 atom stereocenters. The topological polar surface area (TPSA) is 109 Å². The van der Waals surface area contributed by atoms with E-state index in [1.165, 1.54) is 11.2 Å². The van der Waals surface area contributed by atoms with Crippen LogP contribution in [-0.4, -0.2) is 51.8 Å². The van der Waals surface area contributed by atoms with Gasteiger partial charge in [0.25, 0.3) is 0 Å². The lowest BCUT2D eigenvalue weighted by atomic mass is 10.3. The fourth-order valence-corrected chi connectivity index (χ4v) is 1.69. The first-order valence-corrected chi connectivity index (χ1v) is 6.15. The molecule has 2 amide bonds. The van der Waals surface area contributed by atoms with Crippen LogP contribution in [0.5, 0.6) is 0 Å². The molecule has 0 unspecified atom stereocenters. The number of amides is 2. The molecule has 19 heavy (non-hydrogen) atoms. The average Bonchev–Trinajstić information content (AvgIpc) is 3.02. The summed E-state index contributed by atoms with van der Waals surface area (Å²) in [6.07, 6.45) is 3.84. The predicted octanol–water partition coefficient (Wildman–Crippen LogP) is 0.118. The first-order valence-electron chi connectivity index (χ1n) is 6.15. The number of nitrogens with one attached hydrogen (secondary N) is 1. The van der Waals surface area contributed by atoms with Gasteiger partial charge in [-0.05, 0) is 18.8 Å². The maximum atomic E-state index is 11.9. The second-order valence-electron chi connectivity index (χ2n) is 4.53. The molecule has 104 valence electrons. The Kier molecular flexibility index (Phi) is 4.32. The number of aromatic nitrogens is 2. The first kappa shape index (κ1) is 13.3. The largest absolute Gasteiger partial charge is 0.480 e. The second-order valence-corrected chi connectivity index (χ2v) is 4.53. The van der Waals surface area contributed by atoms with Crippen molar-refractivity contribution in [2.24, 2.45) is 5.92 Å². The molecule has 8 nitrogen and oxygen atoms in total. The van der Waals surface area contributed by atoms with Gasteiger partial charge in [0.1, 0.15) is 6.54 Å². The zero-order chi connectivity index (χ0) is 13.7. The standard InChI is InChI=1S/C11H16N4O4/c16-10(17)6-15(5-8-1-2-8)11(18)12-4-3-9-13-7-14-19-9/h7-8H,1-6H2,(H,12,18)(H,16,17). The zero-order valence-corrected chi connectivity index (χ0v) is 10.4. The molecule has 8 heteroatoms. The van der Waals surface area contributed by atoms with Crippen LogP contribution in [0.4, 0.5) is 4.79 Å². The van der Waals surface area contributed by atoms with Crippen molar-refractivity contribution in [2.45, 2.75) is 19.3 Å². The van der Waals surface area contributed by atoms with Gasteiger partial charge in [0.2, 0.25) is 5.89 Å². The van der Waals surface area contributed by atoms with Crippen LogP contribution in [-0.2, 0) is 11.2 Å². The molecule has 2 N–H and O–H groups in total. The fourth-order valence-electron chi connectivity index (χ4n) is 1.69. The highest BCUT2D eigenvalue weighted by Gasteiger charge is 2.27. The van der Waals surface area contributed by atoms with Crippen LogP contribution in [0, 0.1) is 5.92 Å². The molecular weight excluding hydrogens is 252 g/mol. The van der Waals surface area contributed by atoms with E-state index in [2.05, 4.69) is 15.5 Å². The number of urea groups is 1. The Labute approximate surface area is 109 Å². The third-order valence-electron chi connectivity index (χ3n) is 2.81. The van der Waals surface area contributed by atoms with E-state index >= 15 is 0 Å². The fraction of sp³-hybridized carbons (Fsp3) is 0.636. The molecule has 1 heterocycles. The molecule has 2 rings (SSSR count). The van der Waals surface area contributed by atoms with Gasteiger partial charge in [-0.15, -0.1) is 0 Å². The van der Waals surface area contributed by atoms with E-state index in [0.717, 1.165) is 12.8 Å². The number of carbonyl (C=O) groups is 2. The summed E-state index contributed by atoms with van der Waals surface area (Å²) in [5.41, 5.74) is 0. The number of rotatable bonds is 7. The Bertz CT molecular complexity index is 430. The summed E-state index contributed by atoms with van der Waals surface area (Å²) in [6, 6.07) is -0.367. The van der Waals surface area contributed by atoms with Gasteiger partial charge in [-0.25, -0.2) is 4.79 Å². The SMILES string of the molecule is O=C(O)CN(CC1CC1)C(=O)NCCc1ncno1. The van der Waals surface area contributed by atoms with Crippen LogP contribution in [0.25, 0.3) is 0 Å². The Morgan fingerprint density at radius 2 is 2.32 bits per heavy atom. The molecule has 0 spiro atoms. The predicted molar refractivity (Wildman–Crippen MR) is 63.3 cm³/mol. The van der Waals surface area contributed by atoms with E-state index in [0.29, 0.717) is 31.3 Å². The summed E-state index contributed by atoms with van der Waals surface area (Å²) in [7, 11) is 0. The van der Waals surface area contributed by atoms with Crippen molar-refractivity contribution in [3.05, 3.63) is 12.2 Å². The van der Waals surface area contributed by atoms with Crippen molar-refractivity contribution in [1.29, 1.82) is 0 Å². The van der Waals surface area contributed by atoms with Gasteiger partial charge in [0.05, 0.1) is 0 Å². The van der Waals surface area contributed by atoms with Crippen molar-refractivity contribution in [3.8, 4) is 0 Å². The normalized spacial score (nSPS) is 14.1. The molecule has 0 radical (unpaired) electrons. The molecule has 0 aliphatic heterocycles.